The van der Waals surface area contributed by atoms with Gasteiger partial charge < -0.3 is 15.1 Å². The Hall–Kier alpha value is -1.14. The molecule has 0 atom stereocenters. The minimum Gasteiger partial charge on any atom is -0.339 e. The van der Waals surface area contributed by atoms with Crippen LogP contribution < -0.4 is 5.32 Å². The molecule has 18 heavy (non-hydrogen) atoms. The molecule has 0 spiro atoms. The maximum absolute atomic E-state index is 12.0. The molecule has 0 aromatic heterocycles. The fourth-order valence-corrected chi connectivity index (χ4v) is 1.98. The number of amides is 2. The minimum atomic E-state index is 0.0910. The highest BCUT2D eigenvalue weighted by molar-refractivity contribution is 5.79. The van der Waals surface area contributed by atoms with Gasteiger partial charge in [-0.3, -0.25) is 14.5 Å². The van der Waals surface area contributed by atoms with Gasteiger partial charge >= 0.3 is 0 Å². The van der Waals surface area contributed by atoms with E-state index in [0.29, 0.717) is 32.7 Å². The summed E-state index contributed by atoms with van der Waals surface area (Å²) in [5, 5.41) is 3.06. The van der Waals surface area contributed by atoms with Gasteiger partial charge in [-0.2, -0.15) is 0 Å². The Morgan fingerprint density at radius 3 is 2.22 bits per heavy atom. The Morgan fingerprint density at radius 1 is 1.17 bits per heavy atom. The first-order valence-electron chi connectivity index (χ1n) is 6.41. The fourth-order valence-electron chi connectivity index (χ4n) is 1.98. The van der Waals surface area contributed by atoms with Gasteiger partial charge in [0.25, 0.3) is 0 Å². The van der Waals surface area contributed by atoms with Crippen molar-refractivity contribution in [3.8, 4) is 0 Å². The van der Waals surface area contributed by atoms with Gasteiger partial charge in [0.15, 0.2) is 0 Å². The summed E-state index contributed by atoms with van der Waals surface area (Å²) < 4.78 is 0. The van der Waals surface area contributed by atoms with E-state index in [4.69, 9.17) is 0 Å². The lowest BCUT2D eigenvalue weighted by Gasteiger charge is -2.35. The van der Waals surface area contributed by atoms with Crippen molar-refractivity contribution in [1.29, 1.82) is 0 Å². The molecule has 0 bridgehead atoms. The number of piperazine rings is 1. The Labute approximate surface area is 109 Å². The number of likely N-dealkylation sites (N-methyl/N-ethyl adjacent to an activating group) is 2. The molecule has 1 rings (SSSR count). The van der Waals surface area contributed by atoms with E-state index in [1.807, 2.05) is 23.9 Å². The van der Waals surface area contributed by atoms with Gasteiger partial charge in [-0.1, -0.05) is 0 Å². The van der Waals surface area contributed by atoms with E-state index in [1.165, 1.54) is 0 Å². The van der Waals surface area contributed by atoms with Crippen molar-refractivity contribution < 1.29 is 9.59 Å². The Balaban J connectivity index is 2.29. The number of nitrogens with zero attached hydrogens (tertiary/aromatic N) is 3. The first-order chi connectivity index (χ1) is 8.54. The van der Waals surface area contributed by atoms with E-state index < -0.39 is 0 Å². The third-order valence-electron chi connectivity index (χ3n) is 3.23. The standard InChI is InChI=1S/C12H24N4O2/c1-11(17)15-6-8-16(9-7-15)12(18)10-14(3)5-4-13-2/h13H,4-10H2,1-3H3. The zero-order valence-electron chi connectivity index (χ0n) is 11.6. The van der Waals surface area contributed by atoms with E-state index in [-0.39, 0.29) is 11.8 Å². The lowest BCUT2D eigenvalue weighted by Crippen LogP contribution is -2.52. The van der Waals surface area contributed by atoms with Gasteiger partial charge in [0.05, 0.1) is 6.54 Å². The molecule has 1 aliphatic rings. The molecule has 0 aromatic rings. The largest absolute Gasteiger partial charge is 0.339 e. The average Bonchev–Trinajstić information content (AvgIpc) is 2.36. The normalized spacial score (nSPS) is 16.2. The SMILES string of the molecule is CNCCN(C)CC(=O)N1CCN(C(C)=O)CC1. The molecule has 1 N–H and O–H groups in total. The van der Waals surface area contributed by atoms with E-state index in [9.17, 15) is 9.59 Å². The minimum absolute atomic E-state index is 0.0910. The Morgan fingerprint density at radius 2 is 1.72 bits per heavy atom. The summed E-state index contributed by atoms with van der Waals surface area (Å²) in [6.45, 7) is 6.36. The highest BCUT2D eigenvalue weighted by atomic mass is 16.2. The smallest absolute Gasteiger partial charge is 0.236 e. The summed E-state index contributed by atoms with van der Waals surface area (Å²) in [4.78, 5) is 28.8. The van der Waals surface area contributed by atoms with Crippen molar-refractivity contribution in [3.63, 3.8) is 0 Å². The molecule has 2 amide bonds. The quantitative estimate of drug-likeness (QED) is 0.673. The lowest BCUT2D eigenvalue weighted by molar-refractivity contribution is -0.138. The zero-order chi connectivity index (χ0) is 13.5. The number of carbonyl (C=O) groups excluding carboxylic acids is 2. The highest BCUT2D eigenvalue weighted by Crippen LogP contribution is 2.03. The van der Waals surface area contributed by atoms with E-state index >= 15 is 0 Å². The van der Waals surface area contributed by atoms with Crippen LogP contribution >= 0.6 is 0 Å². The summed E-state index contributed by atoms with van der Waals surface area (Å²) in [6.07, 6.45) is 0. The number of nitrogens with one attached hydrogen (secondary N) is 1. The molecule has 1 saturated heterocycles. The summed E-state index contributed by atoms with van der Waals surface area (Å²) in [5.41, 5.74) is 0. The second-order valence-electron chi connectivity index (χ2n) is 4.73. The molecule has 6 nitrogen and oxygen atoms in total. The molecule has 6 heteroatoms. The topological polar surface area (TPSA) is 55.9 Å². The van der Waals surface area contributed by atoms with Crippen molar-refractivity contribution in [1.82, 2.24) is 20.0 Å². The molecule has 1 heterocycles. The van der Waals surface area contributed by atoms with Crippen LogP contribution in [0.25, 0.3) is 0 Å². The monoisotopic (exact) mass is 256 g/mol. The van der Waals surface area contributed by atoms with Gasteiger partial charge in [-0.15, -0.1) is 0 Å². The molecule has 0 aliphatic carbocycles. The molecule has 1 aliphatic heterocycles. The van der Waals surface area contributed by atoms with Crippen molar-refractivity contribution >= 4 is 11.8 Å². The number of rotatable bonds is 5. The third kappa shape index (κ3) is 4.62. The first-order valence-corrected chi connectivity index (χ1v) is 6.41. The van der Waals surface area contributed by atoms with Crippen LogP contribution in [0.2, 0.25) is 0 Å². The van der Waals surface area contributed by atoms with Crippen LogP contribution in [0.15, 0.2) is 0 Å². The van der Waals surface area contributed by atoms with Gasteiger partial charge in [-0.05, 0) is 14.1 Å². The third-order valence-corrected chi connectivity index (χ3v) is 3.23. The first kappa shape index (κ1) is 14.9. The second kappa shape index (κ2) is 7.33. The van der Waals surface area contributed by atoms with Gasteiger partial charge in [0.1, 0.15) is 0 Å². The lowest BCUT2D eigenvalue weighted by atomic mass is 10.3. The Kier molecular flexibility index (Phi) is 6.07. The Bertz CT molecular complexity index is 288. The van der Waals surface area contributed by atoms with Crippen molar-refractivity contribution in [2.45, 2.75) is 6.92 Å². The van der Waals surface area contributed by atoms with Gasteiger partial charge in [0, 0.05) is 46.2 Å². The fraction of sp³-hybridized carbons (Fsp3) is 0.833. The van der Waals surface area contributed by atoms with Crippen molar-refractivity contribution in [3.05, 3.63) is 0 Å². The average molecular weight is 256 g/mol. The van der Waals surface area contributed by atoms with Crippen molar-refractivity contribution in [2.24, 2.45) is 0 Å². The predicted octanol–water partition coefficient (Wildman–Crippen LogP) is -1.17. The van der Waals surface area contributed by atoms with E-state index in [1.54, 1.807) is 11.8 Å². The second-order valence-corrected chi connectivity index (χ2v) is 4.73. The molecule has 1 fully saturated rings. The number of carbonyl (C=O) groups is 2. The van der Waals surface area contributed by atoms with Crippen LogP contribution in [0.1, 0.15) is 6.92 Å². The predicted molar refractivity (Wildman–Crippen MR) is 70.3 cm³/mol. The molecule has 0 saturated carbocycles. The van der Waals surface area contributed by atoms with Crippen LogP contribution in [0.3, 0.4) is 0 Å². The van der Waals surface area contributed by atoms with Crippen LogP contribution in [0.5, 0.6) is 0 Å². The number of hydrogen-bond donors (Lipinski definition) is 1. The zero-order valence-corrected chi connectivity index (χ0v) is 11.6. The van der Waals surface area contributed by atoms with Crippen LogP contribution in [-0.2, 0) is 9.59 Å². The summed E-state index contributed by atoms with van der Waals surface area (Å²) >= 11 is 0. The van der Waals surface area contributed by atoms with E-state index in [2.05, 4.69) is 5.32 Å². The molecule has 104 valence electrons. The van der Waals surface area contributed by atoms with Crippen LogP contribution in [0.4, 0.5) is 0 Å². The molecule has 0 aromatic carbocycles. The molecular formula is C12H24N4O2. The van der Waals surface area contributed by atoms with Crippen LogP contribution in [-0.4, -0.2) is 86.4 Å². The van der Waals surface area contributed by atoms with E-state index in [0.717, 1.165) is 13.1 Å². The maximum atomic E-state index is 12.0. The summed E-state index contributed by atoms with van der Waals surface area (Å²) in [5.74, 6) is 0.241. The molecule has 0 radical (unpaired) electrons. The number of hydrogen-bond acceptors (Lipinski definition) is 4. The molecule has 0 unspecified atom stereocenters. The van der Waals surface area contributed by atoms with Gasteiger partial charge in [-0.25, -0.2) is 0 Å². The van der Waals surface area contributed by atoms with Crippen LogP contribution in [0, 0.1) is 0 Å². The van der Waals surface area contributed by atoms with Gasteiger partial charge in [0.2, 0.25) is 11.8 Å². The summed E-state index contributed by atoms with van der Waals surface area (Å²) in [6, 6.07) is 0. The molecular weight excluding hydrogens is 232 g/mol. The summed E-state index contributed by atoms with van der Waals surface area (Å²) in [7, 11) is 3.84. The maximum Gasteiger partial charge on any atom is 0.236 e. The highest BCUT2D eigenvalue weighted by Gasteiger charge is 2.22. The van der Waals surface area contributed by atoms with Crippen molar-refractivity contribution in [2.75, 3.05) is 59.9 Å².